The Morgan fingerprint density at radius 3 is 3.00 bits per heavy atom. The molecule has 0 saturated heterocycles. The second-order valence-electron chi connectivity index (χ2n) is 2.09. The van der Waals surface area contributed by atoms with E-state index in [1.54, 1.807) is 0 Å². The molecule has 0 fully saturated rings. The van der Waals surface area contributed by atoms with Crippen molar-refractivity contribution in [2.75, 3.05) is 0 Å². The molecule has 4 heteroatoms. The average molecular weight is 156 g/mol. The molecule has 0 spiro atoms. The lowest BCUT2D eigenvalue weighted by Gasteiger charge is -1.89. The number of rotatable bonds is 2. The zero-order valence-electron chi connectivity index (χ0n) is 5.70. The lowest BCUT2D eigenvalue weighted by Crippen LogP contribution is -2.37. The van der Waals surface area contributed by atoms with Crippen molar-refractivity contribution in [1.82, 2.24) is 0 Å². The molecule has 0 unspecified atom stereocenters. The van der Waals surface area contributed by atoms with Crippen LogP contribution in [0.2, 0.25) is 0 Å². The number of aliphatic carboxylic acids is 1. The monoisotopic (exact) mass is 156 g/mol. The summed E-state index contributed by atoms with van der Waals surface area (Å²) in [6, 6.07) is 2.72. The number of hydrogen-bond acceptors (Lipinski definition) is 1. The topological polar surface area (TPSA) is 41.2 Å². The Kier molecular flexibility index (Phi) is 2.15. The molecule has 0 atom stereocenters. The minimum atomic E-state index is -0.986. The molecule has 0 aliphatic heterocycles. The molecule has 0 bridgehead atoms. The quantitative estimate of drug-likeness (QED) is 0.621. The molecule has 1 N–H and O–H groups in total. The summed E-state index contributed by atoms with van der Waals surface area (Å²) in [6.07, 6.45) is 2.63. The standard InChI is InChI=1S/C7H6FNO2/c8-6-2-1-3-9(4-6)5-7(10)11/h1-4H,5H2/p+1. The minimum absolute atomic E-state index is 0.211. The molecule has 1 heterocycles. The lowest BCUT2D eigenvalue weighted by molar-refractivity contribution is -0.687. The smallest absolute Gasteiger partial charge is 0.370 e. The van der Waals surface area contributed by atoms with E-state index in [1.807, 2.05) is 0 Å². The van der Waals surface area contributed by atoms with Crippen molar-refractivity contribution in [2.24, 2.45) is 0 Å². The number of aromatic nitrogens is 1. The van der Waals surface area contributed by atoms with Crippen LogP contribution in [-0.4, -0.2) is 11.1 Å². The van der Waals surface area contributed by atoms with Crippen molar-refractivity contribution in [2.45, 2.75) is 6.54 Å². The van der Waals surface area contributed by atoms with Crippen LogP contribution in [0.5, 0.6) is 0 Å². The van der Waals surface area contributed by atoms with Gasteiger partial charge >= 0.3 is 5.97 Å². The predicted molar refractivity (Wildman–Crippen MR) is 34.2 cm³/mol. The van der Waals surface area contributed by atoms with E-state index < -0.39 is 11.8 Å². The first kappa shape index (κ1) is 7.65. The van der Waals surface area contributed by atoms with E-state index in [9.17, 15) is 9.18 Å². The third-order valence-corrected chi connectivity index (χ3v) is 1.14. The van der Waals surface area contributed by atoms with Gasteiger partial charge < -0.3 is 5.11 Å². The summed E-state index contributed by atoms with van der Waals surface area (Å²) in [4.78, 5) is 10.1. The molecule has 0 aliphatic carbocycles. The van der Waals surface area contributed by atoms with Crippen molar-refractivity contribution in [3.63, 3.8) is 0 Å². The number of halogens is 1. The number of carbonyl (C=O) groups is 1. The summed E-state index contributed by atoms with van der Waals surface area (Å²) in [5.74, 6) is -1.42. The highest BCUT2D eigenvalue weighted by atomic mass is 19.1. The van der Waals surface area contributed by atoms with Crippen molar-refractivity contribution < 1.29 is 18.9 Å². The number of carboxylic acids is 1. The first-order chi connectivity index (χ1) is 5.18. The Balaban J connectivity index is 2.79. The molecule has 58 valence electrons. The first-order valence-electron chi connectivity index (χ1n) is 3.05. The van der Waals surface area contributed by atoms with Gasteiger partial charge in [0, 0.05) is 6.07 Å². The molecular weight excluding hydrogens is 149 g/mol. The van der Waals surface area contributed by atoms with E-state index in [-0.39, 0.29) is 6.54 Å². The summed E-state index contributed by atoms with van der Waals surface area (Å²) in [5.41, 5.74) is 0. The van der Waals surface area contributed by atoms with E-state index in [0.29, 0.717) is 0 Å². The Labute approximate surface area is 62.7 Å². The largest absolute Gasteiger partial charge is 0.477 e. The molecule has 0 saturated carbocycles. The van der Waals surface area contributed by atoms with E-state index >= 15 is 0 Å². The molecule has 0 amide bonds. The summed E-state index contributed by atoms with van der Waals surface area (Å²) in [6.45, 7) is -0.211. The fourth-order valence-electron chi connectivity index (χ4n) is 0.745. The summed E-state index contributed by atoms with van der Waals surface area (Å²) in [5, 5.41) is 8.31. The van der Waals surface area contributed by atoms with Crippen LogP contribution in [0.1, 0.15) is 0 Å². The lowest BCUT2D eigenvalue weighted by atomic mass is 10.4. The highest BCUT2D eigenvalue weighted by Gasteiger charge is 2.06. The first-order valence-corrected chi connectivity index (χ1v) is 3.05. The zero-order valence-corrected chi connectivity index (χ0v) is 5.70. The van der Waals surface area contributed by atoms with Crippen molar-refractivity contribution >= 4 is 5.97 Å². The van der Waals surface area contributed by atoms with Crippen LogP contribution in [0.3, 0.4) is 0 Å². The van der Waals surface area contributed by atoms with Gasteiger partial charge in [-0.1, -0.05) is 0 Å². The van der Waals surface area contributed by atoms with Gasteiger partial charge in [-0.05, 0) is 6.07 Å². The van der Waals surface area contributed by atoms with Gasteiger partial charge in [0.2, 0.25) is 12.7 Å². The minimum Gasteiger partial charge on any atom is -0.477 e. The number of carboxylic acid groups (broad SMARTS) is 1. The fourth-order valence-corrected chi connectivity index (χ4v) is 0.745. The Morgan fingerprint density at radius 2 is 2.45 bits per heavy atom. The summed E-state index contributed by atoms with van der Waals surface area (Å²) < 4.78 is 13.7. The Morgan fingerprint density at radius 1 is 1.73 bits per heavy atom. The molecule has 1 rings (SSSR count). The van der Waals surface area contributed by atoms with Gasteiger partial charge in [0.1, 0.15) is 0 Å². The van der Waals surface area contributed by atoms with Crippen LogP contribution in [0.25, 0.3) is 0 Å². The van der Waals surface area contributed by atoms with Gasteiger partial charge in [-0.3, -0.25) is 0 Å². The maximum atomic E-state index is 12.4. The number of hydrogen-bond donors (Lipinski definition) is 1. The van der Waals surface area contributed by atoms with E-state index in [1.165, 1.54) is 22.9 Å². The van der Waals surface area contributed by atoms with Crippen LogP contribution in [0.15, 0.2) is 24.5 Å². The van der Waals surface area contributed by atoms with E-state index in [0.717, 1.165) is 6.20 Å². The van der Waals surface area contributed by atoms with Gasteiger partial charge in [0.25, 0.3) is 0 Å². The van der Waals surface area contributed by atoms with E-state index in [4.69, 9.17) is 5.11 Å². The molecule has 0 aromatic carbocycles. The molecule has 0 aliphatic rings. The highest BCUT2D eigenvalue weighted by Crippen LogP contribution is 1.88. The van der Waals surface area contributed by atoms with Gasteiger partial charge in [-0.15, -0.1) is 0 Å². The van der Waals surface area contributed by atoms with Gasteiger partial charge in [-0.25, -0.2) is 9.18 Å². The number of pyridine rings is 1. The Hall–Kier alpha value is -1.45. The molecule has 1 aromatic heterocycles. The maximum absolute atomic E-state index is 12.4. The molecule has 11 heavy (non-hydrogen) atoms. The molecule has 3 nitrogen and oxygen atoms in total. The second-order valence-corrected chi connectivity index (χ2v) is 2.09. The maximum Gasteiger partial charge on any atom is 0.370 e. The average Bonchev–Trinajstić information content (AvgIpc) is 1.85. The highest BCUT2D eigenvalue weighted by molar-refractivity contribution is 5.64. The van der Waals surface area contributed by atoms with Crippen LogP contribution < -0.4 is 4.57 Å². The van der Waals surface area contributed by atoms with Gasteiger partial charge in [0.05, 0.1) is 0 Å². The fraction of sp³-hybridized carbons (Fsp3) is 0.143. The molecular formula is C7H7FNO2+. The van der Waals surface area contributed by atoms with Crippen molar-refractivity contribution in [1.29, 1.82) is 0 Å². The molecule has 1 aromatic rings. The van der Waals surface area contributed by atoms with Crippen molar-refractivity contribution in [3.8, 4) is 0 Å². The van der Waals surface area contributed by atoms with Gasteiger partial charge in [0.15, 0.2) is 12.0 Å². The Bertz CT molecular complexity index is 275. The van der Waals surface area contributed by atoms with Crippen LogP contribution in [-0.2, 0) is 11.3 Å². The van der Waals surface area contributed by atoms with Crippen LogP contribution in [0, 0.1) is 5.82 Å². The van der Waals surface area contributed by atoms with E-state index in [2.05, 4.69) is 0 Å². The van der Waals surface area contributed by atoms with Gasteiger partial charge in [-0.2, -0.15) is 4.57 Å². The summed E-state index contributed by atoms with van der Waals surface area (Å²) >= 11 is 0. The third kappa shape index (κ3) is 2.33. The summed E-state index contributed by atoms with van der Waals surface area (Å²) in [7, 11) is 0. The van der Waals surface area contributed by atoms with Crippen molar-refractivity contribution in [3.05, 3.63) is 30.3 Å². The second kappa shape index (κ2) is 3.09. The number of nitrogens with zero attached hydrogens (tertiary/aromatic N) is 1. The third-order valence-electron chi connectivity index (χ3n) is 1.14. The van der Waals surface area contributed by atoms with Crippen LogP contribution in [0.4, 0.5) is 4.39 Å². The normalized spacial score (nSPS) is 9.55. The predicted octanol–water partition coefficient (Wildman–Crippen LogP) is 0.198. The van der Waals surface area contributed by atoms with Crippen LogP contribution >= 0.6 is 0 Å². The SMILES string of the molecule is O=C(O)C[n+]1cccc(F)c1. The zero-order chi connectivity index (χ0) is 8.27. The molecule has 0 radical (unpaired) electrons.